The van der Waals surface area contributed by atoms with E-state index in [4.69, 9.17) is 0 Å². The molecule has 0 saturated heterocycles. The van der Waals surface area contributed by atoms with Gasteiger partial charge >= 0.3 is 0 Å². The monoisotopic (exact) mass is 221 g/mol. The Morgan fingerprint density at radius 1 is 1.31 bits per heavy atom. The van der Waals surface area contributed by atoms with Gasteiger partial charge in [0, 0.05) is 26.0 Å². The Morgan fingerprint density at radius 3 is 2.25 bits per heavy atom. The van der Waals surface area contributed by atoms with Gasteiger partial charge in [-0.2, -0.15) is 0 Å². The molecule has 0 bridgehead atoms. The third kappa shape index (κ3) is 2.56. The highest BCUT2D eigenvalue weighted by Crippen LogP contribution is 2.23. The molecular formula is C12H19N3O. The van der Waals surface area contributed by atoms with E-state index in [2.05, 4.69) is 30.7 Å². The third-order valence-corrected chi connectivity index (χ3v) is 2.38. The van der Waals surface area contributed by atoms with Gasteiger partial charge in [-0.1, -0.05) is 20.8 Å². The van der Waals surface area contributed by atoms with Gasteiger partial charge in [0.05, 0.1) is 0 Å². The summed E-state index contributed by atoms with van der Waals surface area (Å²) in [5.41, 5.74) is 1.94. The van der Waals surface area contributed by atoms with Crippen molar-refractivity contribution < 1.29 is 4.79 Å². The van der Waals surface area contributed by atoms with Crippen LogP contribution in [0.1, 0.15) is 42.6 Å². The SMILES string of the molecule is Cc1nc(C(=O)N(C)C)ncc1C(C)(C)C. The first-order chi connectivity index (χ1) is 7.23. The molecule has 0 N–H and O–H groups in total. The predicted molar refractivity (Wildman–Crippen MR) is 63.5 cm³/mol. The summed E-state index contributed by atoms with van der Waals surface area (Å²) in [6.07, 6.45) is 1.75. The van der Waals surface area contributed by atoms with Crippen LogP contribution in [0.5, 0.6) is 0 Å². The minimum atomic E-state index is -0.163. The molecule has 4 nitrogen and oxygen atoms in total. The van der Waals surface area contributed by atoms with Crippen LogP contribution in [-0.4, -0.2) is 34.9 Å². The molecule has 0 atom stereocenters. The molecule has 1 aromatic rings. The molecular weight excluding hydrogens is 202 g/mol. The van der Waals surface area contributed by atoms with Crippen molar-refractivity contribution in [2.24, 2.45) is 0 Å². The van der Waals surface area contributed by atoms with Crippen LogP contribution in [0.3, 0.4) is 0 Å². The molecule has 0 saturated carbocycles. The molecule has 16 heavy (non-hydrogen) atoms. The Morgan fingerprint density at radius 2 is 1.88 bits per heavy atom. The summed E-state index contributed by atoms with van der Waals surface area (Å²) >= 11 is 0. The van der Waals surface area contributed by atoms with Gasteiger partial charge in [0.1, 0.15) is 0 Å². The van der Waals surface area contributed by atoms with E-state index in [0.29, 0.717) is 0 Å². The van der Waals surface area contributed by atoms with E-state index in [9.17, 15) is 4.79 Å². The van der Waals surface area contributed by atoms with E-state index in [1.165, 1.54) is 4.90 Å². The summed E-state index contributed by atoms with van der Waals surface area (Å²) in [6.45, 7) is 8.22. The summed E-state index contributed by atoms with van der Waals surface area (Å²) in [5.74, 6) is 0.0964. The van der Waals surface area contributed by atoms with Crippen LogP contribution in [0.2, 0.25) is 0 Å². The number of amides is 1. The molecule has 0 aliphatic carbocycles. The standard InChI is InChI=1S/C12H19N3O/c1-8-9(12(2,3)4)7-13-10(14-8)11(16)15(5)6/h7H,1-6H3. The van der Waals surface area contributed by atoms with Crippen LogP contribution in [0.25, 0.3) is 0 Å². The first kappa shape index (κ1) is 12.6. The highest BCUT2D eigenvalue weighted by atomic mass is 16.2. The Bertz CT molecular complexity index is 405. The first-order valence-corrected chi connectivity index (χ1v) is 5.29. The van der Waals surface area contributed by atoms with E-state index in [0.717, 1.165) is 11.3 Å². The third-order valence-electron chi connectivity index (χ3n) is 2.38. The molecule has 1 heterocycles. The van der Waals surface area contributed by atoms with Crippen molar-refractivity contribution in [3.63, 3.8) is 0 Å². The summed E-state index contributed by atoms with van der Waals surface area (Å²) in [6, 6.07) is 0. The van der Waals surface area contributed by atoms with Crippen LogP contribution in [0.15, 0.2) is 6.20 Å². The smallest absolute Gasteiger partial charge is 0.291 e. The second-order valence-corrected chi connectivity index (χ2v) is 5.14. The van der Waals surface area contributed by atoms with Crippen molar-refractivity contribution >= 4 is 5.91 Å². The van der Waals surface area contributed by atoms with Crippen molar-refractivity contribution in [1.82, 2.24) is 14.9 Å². The average molecular weight is 221 g/mol. The number of carbonyl (C=O) groups excluding carboxylic acids is 1. The van der Waals surface area contributed by atoms with Crippen molar-refractivity contribution in [1.29, 1.82) is 0 Å². The molecule has 0 aromatic carbocycles. The second kappa shape index (κ2) is 4.20. The maximum atomic E-state index is 11.7. The lowest BCUT2D eigenvalue weighted by atomic mass is 9.87. The fraction of sp³-hybridized carbons (Fsp3) is 0.583. The van der Waals surface area contributed by atoms with Gasteiger partial charge in [-0.15, -0.1) is 0 Å². The Hall–Kier alpha value is -1.45. The first-order valence-electron chi connectivity index (χ1n) is 5.29. The largest absolute Gasteiger partial charge is 0.342 e. The second-order valence-electron chi connectivity index (χ2n) is 5.14. The average Bonchev–Trinajstić information content (AvgIpc) is 2.14. The zero-order valence-electron chi connectivity index (χ0n) is 10.8. The van der Waals surface area contributed by atoms with E-state index in [1.807, 2.05) is 6.92 Å². The van der Waals surface area contributed by atoms with E-state index in [1.54, 1.807) is 20.3 Å². The topological polar surface area (TPSA) is 46.1 Å². The number of hydrogen-bond donors (Lipinski definition) is 0. The maximum absolute atomic E-state index is 11.7. The molecule has 0 radical (unpaired) electrons. The summed E-state index contributed by atoms with van der Waals surface area (Å²) in [5, 5.41) is 0. The number of aryl methyl sites for hydroxylation is 1. The summed E-state index contributed by atoms with van der Waals surface area (Å²) < 4.78 is 0. The lowest BCUT2D eigenvalue weighted by Crippen LogP contribution is -2.25. The fourth-order valence-electron chi connectivity index (χ4n) is 1.51. The molecule has 4 heteroatoms. The highest BCUT2D eigenvalue weighted by molar-refractivity contribution is 5.90. The normalized spacial score (nSPS) is 11.4. The molecule has 1 rings (SSSR count). The fourth-order valence-corrected chi connectivity index (χ4v) is 1.51. The van der Waals surface area contributed by atoms with E-state index < -0.39 is 0 Å². The minimum Gasteiger partial charge on any atom is -0.342 e. The van der Waals surface area contributed by atoms with Gasteiger partial charge in [0.15, 0.2) is 0 Å². The van der Waals surface area contributed by atoms with Crippen molar-refractivity contribution in [3.8, 4) is 0 Å². The minimum absolute atomic E-state index is 0.00375. The number of nitrogens with zero attached hydrogens (tertiary/aromatic N) is 3. The van der Waals surface area contributed by atoms with Crippen LogP contribution in [0, 0.1) is 6.92 Å². The molecule has 1 amide bonds. The predicted octanol–water partition coefficient (Wildman–Crippen LogP) is 1.78. The summed E-state index contributed by atoms with van der Waals surface area (Å²) in [7, 11) is 3.39. The highest BCUT2D eigenvalue weighted by Gasteiger charge is 2.20. The Labute approximate surface area is 96.7 Å². The molecule has 0 aliphatic heterocycles. The maximum Gasteiger partial charge on any atom is 0.291 e. The number of carbonyl (C=O) groups is 1. The summed E-state index contributed by atoms with van der Waals surface area (Å²) in [4.78, 5) is 21.5. The van der Waals surface area contributed by atoms with Crippen molar-refractivity contribution in [2.45, 2.75) is 33.1 Å². The van der Waals surface area contributed by atoms with Crippen LogP contribution < -0.4 is 0 Å². The molecule has 0 unspecified atom stereocenters. The van der Waals surface area contributed by atoms with Crippen LogP contribution >= 0.6 is 0 Å². The molecule has 0 fully saturated rings. The Balaban J connectivity index is 3.15. The van der Waals surface area contributed by atoms with E-state index in [-0.39, 0.29) is 17.1 Å². The van der Waals surface area contributed by atoms with Gasteiger partial charge in [0.2, 0.25) is 5.82 Å². The van der Waals surface area contributed by atoms with Gasteiger partial charge < -0.3 is 4.90 Å². The van der Waals surface area contributed by atoms with Gasteiger partial charge in [-0.05, 0) is 17.9 Å². The molecule has 1 aromatic heterocycles. The lowest BCUT2D eigenvalue weighted by Gasteiger charge is -2.20. The van der Waals surface area contributed by atoms with E-state index >= 15 is 0 Å². The Kier molecular flexibility index (Phi) is 3.31. The number of rotatable bonds is 1. The molecule has 0 spiro atoms. The van der Waals surface area contributed by atoms with Crippen molar-refractivity contribution in [2.75, 3.05) is 14.1 Å². The molecule has 88 valence electrons. The van der Waals surface area contributed by atoms with Gasteiger partial charge in [-0.3, -0.25) is 4.79 Å². The number of aromatic nitrogens is 2. The van der Waals surface area contributed by atoms with Gasteiger partial charge in [0.25, 0.3) is 5.91 Å². The van der Waals surface area contributed by atoms with Crippen molar-refractivity contribution in [3.05, 3.63) is 23.3 Å². The van der Waals surface area contributed by atoms with Crippen LogP contribution in [0.4, 0.5) is 0 Å². The molecule has 0 aliphatic rings. The quantitative estimate of drug-likeness (QED) is 0.726. The zero-order chi connectivity index (χ0) is 12.5. The number of hydrogen-bond acceptors (Lipinski definition) is 3. The lowest BCUT2D eigenvalue weighted by molar-refractivity contribution is 0.0815. The zero-order valence-corrected chi connectivity index (χ0v) is 10.8. The van der Waals surface area contributed by atoms with Crippen LogP contribution in [-0.2, 0) is 5.41 Å². The van der Waals surface area contributed by atoms with Gasteiger partial charge in [-0.25, -0.2) is 9.97 Å².